The van der Waals surface area contributed by atoms with E-state index in [-0.39, 0.29) is 37.7 Å². The number of aliphatic hydroxyl groups is 1. The van der Waals surface area contributed by atoms with E-state index in [1.165, 1.54) is 11.1 Å². The summed E-state index contributed by atoms with van der Waals surface area (Å²) in [6.07, 6.45) is 8.11. The van der Waals surface area contributed by atoms with E-state index in [9.17, 15) is 9.90 Å². The highest BCUT2D eigenvalue weighted by atomic mass is 127. The first kappa shape index (κ1) is 28.2. The van der Waals surface area contributed by atoms with Gasteiger partial charge in [0.15, 0.2) is 6.79 Å². The highest BCUT2D eigenvalue weighted by Gasteiger charge is 2.65. The SMILES string of the molecule is C=I[C@@]12Cc3c(cccc3OCO)C[C@]1(I=C)[C@@H](CC[C@H](CC)OC)[C@H](OC(=O)CCCC)C2. The minimum Gasteiger partial charge on any atom is -0.467 e. The predicted octanol–water partition coefficient (Wildman–Crippen LogP) is 5.72. The Labute approximate surface area is 224 Å². The number of esters is 1. The highest BCUT2D eigenvalue weighted by Crippen LogP contribution is 2.65. The third-order valence-electron chi connectivity index (χ3n) is 7.76. The maximum Gasteiger partial charge on any atom is 0.306 e. The monoisotopic (exact) mass is 698 g/mol. The molecule has 5 nitrogen and oxygen atoms in total. The minimum absolute atomic E-state index is 0.0258. The van der Waals surface area contributed by atoms with Gasteiger partial charge in [-0.05, 0) is 55.7 Å². The van der Waals surface area contributed by atoms with Crippen LogP contribution in [0.1, 0.15) is 69.9 Å². The summed E-state index contributed by atoms with van der Waals surface area (Å²) in [5.74, 6) is 0.994. The maximum atomic E-state index is 12.8. The number of methoxy groups -OCH3 is 1. The number of carbonyl (C=O) groups excluding carboxylic acids is 1. The van der Waals surface area contributed by atoms with Gasteiger partial charge in [-0.25, -0.2) is 0 Å². The first-order chi connectivity index (χ1) is 16.4. The van der Waals surface area contributed by atoms with Crippen molar-refractivity contribution < 1.29 is 24.1 Å². The fraction of sp³-hybridized carbons (Fsp3) is 0.667. The van der Waals surface area contributed by atoms with Crippen LogP contribution in [0.5, 0.6) is 5.75 Å². The Morgan fingerprint density at radius 1 is 1.26 bits per heavy atom. The summed E-state index contributed by atoms with van der Waals surface area (Å²) in [5, 5.41) is 9.45. The van der Waals surface area contributed by atoms with E-state index in [2.05, 4.69) is 28.9 Å². The molecule has 3 rings (SSSR count). The van der Waals surface area contributed by atoms with Gasteiger partial charge in [-0.15, -0.1) is 41.5 Å². The summed E-state index contributed by atoms with van der Waals surface area (Å²) in [7, 11) is 1.79. The number of rotatable bonds is 13. The number of ether oxygens (including phenoxy) is 3. The number of halogens is 2. The van der Waals surface area contributed by atoms with Gasteiger partial charge < -0.3 is 19.3 Å². The van der Waals surface area contributed by atoms with E-state index in [1.807, 2.05) is 12.1 Å². The number of benzene rings is 1. The third kappa shape index (κ3) is 5.47. The van der Waals surface area contributed by atoms with Crippen molar-refractivity contribution in [3.63, 3.8) is 0 Å². The smallest absolute Gasteiger partial charge is 0.306 e. The molecular formula is C27H40I2O5. The molecule has 0 aliphatic heterocycles. The molecule has 0 bridgehead atoms. The molecule has 7 heteroatoms. The molecule has 2 aliphatic carbocycles. The van der Waals surface area contributed by atoms with Crippen molar-refractivity contribution >= 4 is 56.5 Å². The fourth-order valence-electron chi connectivity index (χ4n) is 5.93. The summed E-state index contributed by atoms with van der Waals surface area (Å²) in [5.41, 5.74) is 2.50. The van der Waals surface area contributed by atoms with Crippen LogP contribution in [0.15, 0.2) is 18.2 Å². The van der Waals surface area contributed by atoms with Gasteiger partial charge in [-0.1, -0.05) is 41.4 Å². The Morgan fingerprint density at radius 3 is 2.68 bits per heavy atom. The average Bonchev–Trinajstić information content (AvgIpc) is 3.11. The Bertz CT molecular complexity index is 871. The summed E-state index contributed by atoms with van der Waals surface area (Å²) in [6, 6.07) is 6.18. The molecule has 34 heavy (non-hydrogen) atoms. The van der Waals surface area contributed by atoms with Crippen LogP contribution in [0, 0.1) is 5.92 Å². The molecule has 1 fully saturated rings. The molecule has 192 valence electrons. The van der Waals surface area contributed by atoms with E-state index >= 15 is 0 Å². The van der Waals surface area contributed by atoms with Gasteiger partial charge in [0, 0.05) is 32.7 Å². The summed E-state index contributed by atoms with van der Waals surface area (Å²) in [6.45, 7) is 3.94. The maximum absolute atomic E-state index is 12.8. The quantitative estimate of drug-likeness (QED) is 0.124. The first-order valence-corrected chi connectivity index (χ1v) is 17.5. The van der Waals surface area contributed by atoms with Gasteiger partial charge in [-0.2, -0.15) is 0 Å². The lowest BCUT2D eigenvalue weighted by atomic mass is 9.73. The Kier molecular flexibility index (Phi) is 10.5. The first-order valence-electron chi connectivity index (χ1n) is 12.3. The second kappa shape index (κ2) is 12.7. The number of carbonyl (C=O) groups is 1. The summed E-state index contributed by atoms with van der Waals surface area (Å²) < 4.78 is 26.9. The predicted molar refractivity (Wildman–Crippen MR) is 157 cm³/mol. The lowest BCUT2D eigenvalue weighted by Gasteiger charge is -2.48. The standard InChI is InChI=1S/C27H40I2O5/c1-6-8-12-25(31)34-24-17-26(28-3)16-21-19(10-9-11-23(21)33-18-30)15-27(26,29-4)22(24)14-13-20(7-2)32-5/h9-11,20,22,24,30H,3-4,6-8,12-18H2,1-2,5H3/t20-,22-,24+,26+,27-/m0/s1. The summed E-state index contributed by atoms with van der Waals surface area (Å²) in [4.78, 5) is 12.8. The molecule has 0 amide bonds. The topological polar surface area (TPSA) is 65.0 Å². The van der Waals surface area contributed by atoms with Gasteiger partial charge in [0.2, 0.25) is 0 Å². The molecule has 1 aromatic carbocycles. The van der Waals surface area contributed by atoms with Crippen LogP contribution >= 0.6 is 41.5 Å². The van der Waals surface area contributed by atoms with Crippen LogP contribution in [-0.4, -0.2) is 53.1 Å². The number of hydrogen-bond donors (Lipinski definition) is 1. The third-order valence-corrected chi connectivity index (χ3v) is 15.6. The van der Waals surface area contributed by atoms with Crippen LogP contribution in [-0.2, 0) is 27.1 Å². The second-order valence-electron chi connectivity index (χ2n) is 9.40. The van der Waals surface area contributed by atoms with Crippen molar-refractivity contribution in [3.05, 3.63) is 29.3 Å². The van der Waals surface area contributed by atoms with Crippen molar-refractivity contribution in [1.29, 1.82) is 0 Å². The van der Waals surface area contributed by atoms with Crippen LogP contribution in [0.3, 0.4) is 0 Å². The Hall–Kier alpha value is -0.390. The van der Waals surface area contributed by atoms with E-state index in [1.54, 1.807) is 7.11 Å². The van der Waals surface area contributed by atoms with Gasteiger partial charge in [0.05, 0.1) is 6.10 Å². The zero-order chi connectivity index (χ0) is 24.8. The van der Waals surface area contributed by atoms with Crippen molar-refractivity contribution in [1.82, 2.24) is 0 Å². The lowest BCUT2D eigenvalue weighted by molar-refractivity contribution is -0.151. The van der Waals surface area contributed by atoms with E-state index in [4.69, 9.17) is 14.2 Å². The molecule has 1 N–H and O–H groups in total. The largest absolute Gasteiger partial charge is 0.467 e. The normalized spacial score (nSPS) is 28.7. The van der Waals surface area contributed by atoms with Gasteiger partial charge in [0.1, 0.15) is 11.9 Å². The molecule has 0 saturated heterocycles. The van der Waals surface area contributed by atoms with Crippen molar-refractivity contribution in [2.45, 2.75) is 90.7 Å². The molecule has 0 radical (unpaired) electrons. The molecule has 5 atom stereocenters. The minimum atomic E-state index is -0.412. The average molecular weight is 698 g/mol. The summed E-state index contributed by atoms with van der Waals surface area (Å²) >= 11 is -0.822. The zero-order valence-corrected chi connectivity index (χ0v) is 25.1. The van der Waals surface area contributed by atoms with Crippen molar-refractivity contribution in [2.24, 2.45) is 5.92 Å². The Morgan fingerprint density at radius 2 is 2.06 bits per heavy atom. The number of alkyl halides is 2. The van der Waals surface area contributed by atoms with Crippen LogP contribution in [0.2, 0.25) is 0 Å². The molecule has 1 saturated carbocycles. The zero-order valence-electron chi connectivity index (χ0n) is 20.8. The van der Waals surface area contributed by atoms with E-state index in [0.29, 0.717) is 6.42 Å². The van der Waals surface area contributed by atoms with Crippen LogP contribution in [0.4, 0.5) is 0 Å². The molecule has 0 spiro atoms. The van der Waals surface area contributed by atoms with E-state index in [0.717, 1.165) is 57.1 Å². The van der Waals surface area contributed by atoms with Crippen LogP contribution < -0.4 is 4.74 Å². The van der Waals surface area contributed by atoms with Gasteiger partial charge in [0.25, 0.3) is 0 Å². The Balaban J connectivity index is 2.03. The number of fused-ring (bicyclic) bond motifs is 2. The molecular weight excluding hydrogens is 658 g/mol. The van der Waals surface area contributed by atoms with Crippen molar-refractivity contribution in [2.75, 3.05) is 13.9 Å². The van der Waals surface area contributed by atoms with Gasteiger partial charge >= 0.3 is 5.97 Å². The van der Waals surface area contributed by atoms with E-state index < -0.39 is 41.5 Å². The number of unbranched alkanes of at least 4 members (excludes halogenated alkanes) is 1. The number of hydrogen-bond acceptors (Lipinski definition) is 5. The lowest BCUT2D eigenvalue weighted by Crippen LogP contribution is -2.52. The van der Waals surface area contributed by atoms with Crippen LogP contribution in [0.25, 0.3) is 0 Å². The molecule has 1 aromatic rings. The number of aliphatic hydroxyl groups excluding tert-OH is 1. The highest BCUT2D eigenvalue weighted by molar-refractivity contribution is 14.2. The molecule has 0 aromatic heterocycles. The fourth-order valence-corrected chi connectivity index (χ4v) is 13.5. The molecule has 2 aliphatic rings. The van der Waals surface area contributed by atoms with Gasteiger partial charge in [-0.3, -0.25) is 4.79 Å². The second-order valence-corrected chi connectivity index (χ2v) is 14.9. The molecule has 0 unspecified atom stereocenters. The molecule has 0 heterocycles. The van der Waals surface area contributed by atoms with Crippen molar-refractivity contribution in [3.8, 4) is 5.75 Å².